The first-order valence-corrected chi connectivity index (χ1v) is 9.34. The van der Waals surface area contributed by atoms with Crippen LogP contribution in [0.15, 0.2) is 60.7 Å². The van der Waals surface area contributed by atoms with Crippen LogP contribution in [0.1, 0.15) is 28.8 Å². The van der Waals surface area contributed by atoms with Gasteiger partial charge in [-0.05, 0) is 54.7 Å². The van der Waals surface area contributed by atoms with E-state index in [-0.39, 0.29) is 11.3 Å². The zero-order valence-electron chi connectivity index (χ0n) is 16.1. The molecule has 0 aliphatic heterocycles. The second-order valence-electron chi connectivity index (χ2n) is 6.70. The second-order valence-corrected chi connectivity index (χ2v) is 6.70. The van der Waals surface area contributed by atoms with E-state index in [0.29, 0.717) is 24.0 Å². The monoisotopic (exact) mass is 393 g/mol. The van der Waals surface area contributed by atoms with E-state index in [2.05, 4.69) is 17.5 Å². The molecule has 0 saturated heterocycles. The Balaban J connectivity index is 1.63. The summed E-state index contributed by atoms with van der Waals surface area (Å²) in [6, 6.07) is 11.7. The van der Waals surface area contributed by atoms with Crippen molar-refractivity contribution in [3.8, 4) is 11.5 Å². The molecule has 2 N–H and O–H groups in total. The molecule has 2 aromatic rings. The summed E-state index contributed by atoms with van der Waals surface area (Å²) in [7, 11) is 1.57. The van der Waals surface area contributed by atoms with Crippen molar-refractivity contribution in [3.63, 3.8) is 0 Å². The molecule has 1 aliphatic rings. The Morgan fingerprint density at radius 1 is 1.14 bits per heavy atom. The van der Waals surface area contributed by atoms with Crippen LogP contribution in [-0.2, 0) is 4.79 Å². The van der Waals surface area contributed by atoms with Gasteiger partial charge in [0.05, 0.1) is 25.0 Å². The molecule has 3 rings (SSSR count). The van der Waals surface area contributed by atoms with Gasteiger partial charge in [-0.2, -0.15) is 0 Å². The molecule has 150 valence electrons. The molecule has 0 aromatic heterocycles. The molecule has 1 aliphatic carbocycles. The van der Waals surface area contributed by atoms with Crippen LogP contribution in [0.5, 0.6) is 11.5 Å². The Kier molecular flexibility index (Phi) is 6.68. The molecule has 0 unspecified atom stereocenters. The van der Waals surface area contributed by atoms with Crippen LogP contribution in [0.25, 0.3) is 6.08 Å². The number of methoxy groups -OCH3 is 1. The number of amides is 1. The van der Waals surface area contributed by atoms with E-state index in [9.17, 15) is 14.7 Å². The third-order valence-corrected chi connectivity index (χ3v) is 4.61. The predicted octanol–water partition coefficient (Wildman–Crippen LogP) is 4.39. The first kappa shape index (κ1) is 20.2. The van der Waals surface area contributed by atoms with Gasteiger partial charge < -0.3 is 19.9 Å². The summed E-state index contributed by atoms with van der Waals surface area (Å²) in [5, 5.41) is 11.8. The van der Waals surface area contributed by atoms with Crippen LogP contribution >= 0.6 is 0 Å². The number of hydrogen-bond donors (Lipinski definition) is 2. The van der Waals surface area contributed by atoms with Crippen LogP contribution < -0.4 is 14.8 Å². The van der Waals surface area contributed by atoms with Crippen LogP contribution in [0.4, 0.5) is 5.69 Å². The Hall–Kier alpha value is -3.54. The SMILES string of the molecule is COc1cc(C=CC(=O)Nc2ccccc2C(=O)O)ccc1OCC1CC=CC1. The number of benzene rings is 2. The molecule has 6 heteroatoms. The lowest BCUT2D eigenvalue weighted by molar-refractivity contribution is -0.111. The summed E-state index contributed by atoms with van der Waals surface area (Å²) < 4.78 is 11.3. The van der Waals surface area contributed by atoms with Gasteiger partial charge in [0.1, 0.15) is 0 Å². The van der Waals surface area contributed by atoms with Gasteiger partial charge >= 0.3 is 5.97 Å². The van der Waals surface area contributed by atoms with Crippen LogP contribution in [0.2, 0.25) is 0 Å². The zero-order chi connectivity index (χ0) is 20.6. The van der Waals surface area contributed by atoms with Gasteiger partial charge in [0.2, 0.25) is 5.91 Å². The Morgan fingerprint density at radius 3 is 2.62 bits per heavy atom. The van der Waals surface area contributed by atoms with Gasteiger partial charge in [-0.25, -0.2) is 4.79 Å². The van der Waals surface area contributed by atoms with Gasteiger partial charge in [0.25, 0.3) is 0 Å². The molecule has 0 saturated carbocycles. The molecule has 0 bridgehead atoms. The number of aromatic carboxylic acids is 1. The molecule has 0 atom stereocenters. The summed E-state index contributed by atoms with van der Waals surface area (Å²) in [4.78, 5) is 23.4. The highest BCUT2D eigenvalue weighted by Gasteiger charge is 2.13. The zero-order valence-corrected chi connectivity index (χ0v) is 16.1. The molecule has 0 spiro atoms. The van der Waals surface area contributed by atoms with Gasteiger partial charge in [0.15, 0.2) is 11.5 Å². The standard InChI is InChI=1S/C23H23NO5/c1-28-21-14-16(10-12-20(21)29-15-17-6-2-3-7-17)11-13-22(25)24-19-9-5-4-8-18(19)23(26)27/h2-5,8-14,17H,6-7,15H2,1H3,(H,24,25)(H,26,27). The molecule has 0 heterocycles. The van der Waals surface area contributed by atoms with Crippen LogP contribution in [-0.4, -0.2) is 30.7 Å². The van der Waals surface area contributed by atoms with E-state index in [1.54, 1.807) is 37.5 Å². The second kappa shape index (κ2) is 9.59. The Morgan fingerprint density at radius 2 is 1.90 bits per heavy atom. The Bertz CT molecular complexity index is 940. The Labute approximate surface area is 169 Å². The maximum absolute atomic E-state index is 12.2. The lowest BCUT2D eigenvalue weighted by Crippen LogP contribution is -2.11. The largest absolute Gasteiger partial charge is 0.493 e. The van der Waals surface area contributed by atoms with Crippen LogP contribution in [0.3, 0.4) is 0 Å². The average Bonchev–Trinajstić information content (AvgIpc) is 3.25. The third kappa shape index (κ3) is 5.48. The van der Waals surface area contributed by atoms with Crippen molar-refractivity contribution >= 4 is 23.6 Å². The van der Waals surface area contributed by atoms with Crippen molar-refractivity contribution in [2.75, 3.05) is 19.0 Å². The normalized spacial score (nSPS) is 13.6. The van der Waals surface area contributed by atoms with Crippen molar-refractivity contribution in [1.29, 1.82) is 0 Å². The van der Waals surface area contributed by atoms with E-state index in [1.807, 2.05) is 12.1 Å². The number of rotatable bonds is 8. The highest BCUT2D eigenvalue weighted by Crippen LogP contribution is 2.30. The number of anilines is 1. The highest BCUT2D eigenvalue weighted by molar-refractivity contribution is 6.06. The summed E-state index contributed by atoms with van der Waals surface area (Å²) in [6.45, 7) is 0.629. The minimum Gasteiger partial charge on any atom is -0.493 e. The number of carboxylic acid groups (broad SMARTS) is 1. The topological polar surface area (TPSA) is 84.9 Å². The fraction of sp³-hybridized carbons (Fsp3) is 0.217. The summed E-state index contributed by atoms with van der Waals surface area (Å²) in [5.41, 5.74) is 1.05. The predicted molar refractivity (Wildman–Crippen MR) is 111 cm³/mol. The van der Waals surface area contributed by atoms with Crippen molar-refractivity contribution in [2.45, 2.75) is 12.8 Å². The number of ether oxygens (including phenoxy) is 2. The molecule has 0 radical (unpaired) electrons. The number of carbonyl (C=O) groups is 2. The van der Waals surface area contributed by atoms with E-state index in [0.717, 1.165) is 18.4 Å². The van der Waals surface area contributed by atoms with E-state index in [1.165, 1.54) is 12.1 Å². The van der Waals surface area contributed by atoms with Gasteiger partial charge in [0, 0.05) is 6.08 Å². The molecular weight excluding hydrogens is 370 g/mol. The van der Waals surface area contributed by atoms with E-state index < -0.39 is 11.9 Å². The molecule has 29 heavy (non-hydrogen) atoms. The first-order chi connectivity index (χ1) is 14.1. The van der Waals surface area contributed by atoms with Gasteiger partial charge in [-0.1, -0.05) is 30.4 Å². The minimum absolute atomic E-state index is 0.0369. The first-order valence-electron chi connectivity index (χ1n) is 9.34. The average molecular weight is 393 g/mol. The smallest absolute Gasteiger partial charge is 0.337 e. The maximum atomic E-state index is 12.2. The number of nitrogens with one attached hydrogen (secondary N) is 1. The van der Waals surface area contributed by atoms with Crippen molar-refractivity contribution in [3.05, 3.63) is 71.8 Å². The number of carbonyl (C=O) groups excluding carboxylic acids is 1. The molecule has 0 fully saturated rings. The number of hydrogen-bond acceptors (Lipinski definition) is 4. The molecule has 1 amide bonds. The fourth-order valence-electron chi connectivity index (χ4n) is 3.05. The van der Waals surface area contributed by atoms with Crippen molar-refractivity contribution in [2.24, 2.45) is 5.92 Å². The minimum atomic E-state index is -1.10. The highest BCUT2D eigenvalue weighted by atomic mass is 16.5. The number of carboxylic acids is 1. The van der Waals surface area contributed by atoms with Crippen molar-refractivity contribution < 1.29 is 24.2 Å². The maximum Gasteiger partial charge on any atom is 0.337 e. The summed E-state index contributed by atoms with van der Waals surface area (Å²) in [6.07, 6.45) is 9.37. The van der Waals surface area contributed by atoms with Gasteiger partial charge in [-0.15, -0.1) is 0 Å². The lowest BCUT2D eigenvalue weighted by atomic mass is 10.1. The molecule has 2 aromatic carbocycles. The van der Waals surface area contributed by atoms with Crippen molar-refractivity contribution in [1.82, 2.24) is 0 Å². The molecule has 6 nitrogen and oxygen atoms in total. The molecular formula is C23H23NO5. The fourth-order valence-corrected chi connectivity index (χ4v) is 3.05. The number of allylic oxidation sites excluding steroid dienone is 2. The van der Waals surface area contributed by atoms with E-state index >= 15 is 0 Å². The number of para-hydroxylation sites is 1. The summed E-state index contributed by atoms with van der Waals surface area (Å²) in [5.74, 6) is 0.230. The lowest BCUT2D eigenvalue weighted by Gasteiger charge is -2.14. The van der Waals surface area contributed by atoms with Gasteiger partial charge in [-0.3, -0.25) is 4.79 Å². The van der Waals surface area contributed by atoms with Crippen LogP contribution in [0, 0.1) is 5.92 Å². The summed E-state index contributed by atoms with van der Waals surface area (Å²) >= 11 is 0. The van der Waals surface area contributed by atoms with E-state index in [4.69, 9.17) is 9.47 Å². The quantitative estimate of drug-likeness (QED) is 0.513. The third-order valence-electron chi connectivity index (χ3n) is 4.61.